The van der Waals surface area contributed by atoms with Crippen LogP contribution in [0.25, 0.3) is 64.3 Å². The van der Waals surface area contributed by atoms with Crippen LogP contribution in [0.15, 0.2) is 188 Å². The van der Waals surface area contributed by atoms with Crippen LogP contribution in [0.3, 0.4) is 0 Å². The molecule has 3 heterocycles. The molecule has 0 aliphatic carbocycles. The highest BCUT2D eigenvalue weighted by atomic mass is 32.1. The van der Waals surface area contributed by atoms with Gasteiger partial charge in [-0.1, -0.05) is 148 Å². The third-order valence-electron chi connectivity index (χ3n) is 13.1. The zero-order valence-electron chi connectivity index (χ0n) is 34.8. The maximum Gasteiger partial charge on any atom is 0.333 e. The molecule has 10 aromatic rings. The molecule has 0 saturated carbocycles. The van der Waals surface area contributed by atoms with Gasteiger partial charge in [0.05, 0.1) is 0 Å². The highest BCUT2D eigenvalue weighted by Gasteiger charge is 2.46. The van der Waals surface area contributed by atoms with E-state index in [4.69, 9.17) is 0 Å². The van der Waals surface area contributed by atoms with E-state index in [9.17, 15) is 0 Å². The van der Waals surface area contributed by atoms with Gasteiger partial charge in [0, 0.05) is 54.2 Å². The van der Waals surface area contributed by atoms with Crippen LogP contribution in [0, 0.1) is 6.92 Å². The maximum atomic E-state index is 2.66. The molecular formula is C57H43BN2S. The summed E-state index contributed by atoms with van der Waals surface area (Å²) in [5.41, 5.74) is 18.7. The van der Waals surface area contributed by atoms with Gasteiger partial charge < -0.3 is 9.71 Å². The van der Waals surface area contributed by atoms with Crippen LogP contribution in [-0.2, 0) is 5.41 Å². The lowest BCUT2D eigenvalue weighted by Gasteiger charge is -2.46. The summed E-state index contributed by atoms with van der Waals surface area (Å²) in [6.07, 6.45) is 0. The molecule has 0 saturated heterocycles. The molecular weight excluding hydrogens is 756 g/mol. The van der Waals surface area contributed by atoms with Crippen molar-refractivity contribution in [2.24, 2.45) is 0 Å². The Labute approximate surface area is 362 Å². The van der Waals surface area contributed by atoms with E-state index in [0.717, 1.165) is 0 Å². The van der Waals surface area contributed by atoms with Crippen molar-refractivity contribution < 1.29 is 0 Å². The molecule has 0 spiro atoms. The summed E-state index contributed by atoms with van der Waals surface area (Å²) in [4.78, 5) is 5.25. The van der Waals surface area contributed by atoms with E-state index >= 15 is 0 Å². The number of aryl methyl sites for hydroxylation is 1. The fraction of sp³-hybridized carbons (Fsp3) is 0.0877. The monoisotopic (exact) mass is 798 g/mol. The minimum absolute atomic E-state index is 0.0413. The molecule has 2 nitrogen and oxygen atoms in total. The predicted molar refractivity (Wildman–Crippen MR) is 265 cm³/mol. The molecule has 9 aromatic carbocycles. The minimum atomic E-state index is -0.0952. The molecule has 0 amide bonds. The quantitative estimate of drug-likeness (QED) is 0.164. The summed E-state index contributed by atoms with van der Waals surface area (Å²) in [5.74, 6) is 0. The Morgan fingerprint density at radius 1 is 0.459 bits per heavy atom. The van der Waals surface area contributed by atoms with Gasteiger partial charge in [0.15, 0.2) is 0 Å². The minimum Gasteiger partial charge on any atom is -0.376 e. The van der Waals surface area contributed by atoms with Crippen molar-refractivity contribution in [2.45, 2.75) is 33.1 Å². The third kappa shape index (κ3) is 5.70. The molecule has 0 unspecified atom stereocenters. The number of hydrogen-bond acceptors (Lipinski definition) is 3. The van der Waals surface area contributed by atoms with Gasteiger partial charge >= 0.3 is 6.85 Å². The first kappa shape index (κ1) is 36.0. The van der Waals surface area contributed by atoms with E-state index in [2.05, 4.69) is 225 Å². The second-order valence-electron chi connectivity index (χ2n) is 17.8. The lowest BCUT2D eigenvalue weighted by molar-refractivity contribution is 0.590. The summed E-state index contributed by atoms with van der Waals surface area (Å²) in [6.45, 7) is 9.08. The Balaban J connectivity index is 1.22. The number of fused-ring (bicyclic) bond motifs is 8. The van der Waals surface area contributed by atoms with Gasteiger partial charge in [0.1, 0.15) is 0 Å². The second-order valence-corrected chi connectivity index (χ2v) is 18.9. The normalized spacial score (nSPS) is 13.1. The molecule has 2 aliphatic heterocycles. The Bertz CT molecular complexity index is 3360. The topological polar surface area (TPSA) is 6.48 Å². The number of anilines is 5. The molecule has 290 valence electrons. The Kier molecular flexibility index (Phi) is 8.01. The number of rotatable bonds is 4. The third-order valence-corrected chi connectivity index (χ3v) is 14.2. The van der Waals surface area contributed by atoms with Crippen molar-refractivity contribution in [2.75, 3.05) is 9.71 Å². The van der Waals surface area contributed by atoms with E-state index < -0.39 is 0 Å². The highest BCUT2D eigenvalue weighted by molar-refractivity contribution is 7.26. The standard InChI is InChI=1S/C57H43BN2S/c1-36-29-41(37-15-7-5-8-16-37)23-28-50(36)59-52-35-55-47(45-21-13-14-22-54(45)61-55)34-49(52)58-56-48(31-42(33-53(56)59)38-17-9-6-10-18-38)46-30-39-19-11-12-20-40(39)32-51(46)60(58)44-26-24-43(25-27-44)57(2,3)4/h5-35H,1-4H3. The van der Waals surface area contributed by atoms with Gasteiger partial charge in [-0.05, 0) is 134 Å². The van der Waals surface area contributed by atoms with Gasteiger partial charge in [-0.15, -0.1) is 11.3 Å². The molecule has 0 atom stereocenters. The average molecular weight is 799 g/mol. The summed E-state index contributed by atoms with van der Waals surface area (Å²) < 4.78 is 2.61. The largest absolute Gasteiger partial charge is 0.376 e. The van der Waals surface area contributed by atoms with Crippen LogP contribution in [0.2, 0.25) is 0 Å². The Morgan fingerprint density at radius 3 is 1.85 bits per heavy atom. The van der Waals surface area contributed by atoms with Crippen molar-refractivity contribution in [3.8, 4) is 33.4 Å². The molecule has 61 heavy (non-hydrogen) atoms. The van der Waals surface area contributed by atoms with Crippen LogP contribution in [0.4, 0.5) is 28.4 Å². The Hall–Kier alpha value is -6.88. The molecule has 0 radical (unpaired) electrons. The van der Waals surface area contributed by atoms with Crippen LogP contribution in [0.5, 0.6) is 0 Å². The molecule has 12 rings (SSSR count). The number of benzene rings is 9. The first-order valence-corrected chi connectivity index (χ1v) is 22.2. The van der Waals surface area contributed by atoms with E-state index in [0.29, 0.717) is 0 Å². The summed E-state index contributed by atoms with van der Waals surface area (Å²) in [7, 11) is 0. The second kappa shape index (κ2) is 13.6. The van der Waals surface area contributed by atoms with Gasteiger partial charge in [0.2, 0.25) is 0 Å². The summed E-state index contributed by atoms with van der Waals surface area (Å²) in [5, 5.41) is 5.11. The smallest absolute Gasteiger partial charge is 0.333 e. The number of hydrogen-bond donors (Lipinski definition) is 0. The van der Waals surface area contributed by atoms with Gasteiger partial charge in [0.25, 0.3) is 0 Å². The molecule has 4 heteroatoms. The lowest BCUT2D eigenvalue weighted by atomic mass is 9.43. The van der Waals surface area contributed by atoms with Gasteiger partial charge in [-0.2, -0.15) is 0 Å². The first-order chi connectivity index (χ1) is 29.8. The van der Waals surface area contributed by atoms with Gasteiger partial charge in [-0.25, -0.2) is 0 Å². The van der Waals surface area contributed by atoms with Crippen molar-refractivity contribution in [1.82, 2.24) is 0 Å². The fourth-order valence-corrected chi connectivity index (χ4v) is 11.2. The lowest BCUT2D eigenvalue weighted by Crippen LogP contribution is -2.61. The van der Waals surface area contributed by atoms with Crippen LogP contribution >= 0.6 is 11.3 Å². The van der Waals surface area contributed by atoms with Crippen LogP contribution < -0.4 is 20.6 Å². The average Bonchev–Trinajstić information content (AvgIpc) is 3.66. The van der Waals surface area contributed by atoms with Crippen molar-refractivity contribution in [1.29, 1.82) is 0 Å². The molecule has 1 aromatic heterocycles. The summed E-state index contributed by atoms with van der Waals surface area (Å²) >= 11 is 1.89. The number of nitrogens with zero attached hydrogens (tertiary/aromatic N) is 2. The first-order valence-electron chi connectivity index (χ1n) is 21.4. The van der Waals surface area contributed by atoms with Crippen LogP contribution in [0.1, 0.15) is 31.9 Å². The Morgan fingerprint density at radius 2 is 1.13 bits per heavy atom. The fourth-order valence-electron chi connectivity index (χ4n) is 10.0. The maximum absolute atomic E-state index is 2.66. The summed E-state index contributed by atoms with van der Waals surface area (Å²) in [6, 6.07) is 70.7. The van der Waals surface area contributed by atoms with E-state index in [1.54, 1.807) is 0 Å². The molecule has 0 fully saturated rings. The van der Waals surface area contributed by atoms with E-state index in [1.165, 1.54) is 115 Å². The molecule has 0 N–H and O–H groups in total. The van der Waals surface area contributed by atoms with Crippen LogP contribution in [-0.4, -0.2) is 6.85 Å². The van der Waals surface area contributed by atoms with Gasteiger partial charge in [-0.3, -0.25) is 0 Å². The SMILES string of the molecule is Cc1cc(-c2ccccc2)ccc1N1c2cc3sc4ccccc4c3cc2B2c3c(cc(-c4ccccc4)cc31)-c1cc3ccccc3cc1N2c1ccc(C(C)(C)C)cc1. The predicted octanol–water partition coefficient (Wildman–Crippen LogP) is 14.9. The highest BCUT2D eigenvalue weighted by Crippen LogP contribution is 2.51. The van der Waals surface area contributed by atoms with E-state index in [-0.39, 0.29) is 12.3 Å². The van der Waals surface area contributed by atoms with Crippen molar-refractivity contribution >= 4 is 88.5 Å². The molecule has 0 bridgehead atoms. The molecule has 2 aliphatic rings. The van der Waals surface area contributed by atoms with E-state index in [1.807, 2.05) is 11.3 Å². The number of thiophene rings is 1. The van der Waals surface area contributed by atoms with Crippen molar-refractivity contribution in [3.05, 3.63) is 199 Å². The zero-order chi connectivity index (χ0) is 41.0. The zero-order valence-corrected chi connectivity index (χ0v) is 35.6. The van der Waals surface area contributed by atoms with Crippen molar-refractivity contribution in [3.63, 3.8) is 0 Å².